The molecule has 0 saturated heterocycles. The van der Waals surface area contributed by atoms with Crippen LogP contribution < -0.4 is 0 Å². The topological polar surface area (TPSA) is 61.2 Å². The Hall–Kier alpha value is -1.03. The summed E-state index contributed by atoms with van der Waals surface area (Å²) in [4.78, 5) is 0.454. The highest BCUT2D eigenvalue weighted by molar-refractivity contribution is 7.93. The van der Waals surface area contributed by atoms with Crippen LogP contribution >= 0.6 is 0 Å². The number of benzene rings is 1. The monoisotopic (exact) mass is 197 g/mol. The predicted octanol–water partition coefficient (Wildman–Crippen LogP) is 1.96. The number of hydrogen-bond donors (Lipinski definition) is 2. The standard InChI is InChI=1S/C9H11NO2S/c10-13(12,8-4-5-8)9-3-1-2-7(11)6-9/h1-3,6,8,10-11H,4-5H2. The summed E-state index contributed by atoms with van der Waals surface area (Å²) in [7, 11) is -2.65. The third-order valence-corrected chi connectivity index (χ3v) is 4.53. The SMILES string of the molecule is N=S(=O)(c1cccc(O)c1)C1CC1. The maximum absolute atomic E-state index is 11.9. The molecule has 0 spiro atoms. The average molecular weight is 197 g/mol. The van der Waals surface area contributed by atoms with Crippen LogP contribution in [0.25, 0.3) is 0 Å². The quantitative estimate of drug-likeness (QED) is 0.761. The number of aromatic hydroxyl groups is 1. The molecule has 0 aliphatic heterocycles. The molecule has 1 fully saturated rings. The van der Waals surface area contributed by atoms with Crippen molar-refractivity contribution < 1.29 is 9.32 Å². The lowest BCUT2D eigenvalue weighted by molar-refractivity contribution is 0.473. The van der Waals surface area contributed by atoms with Crippen molar-refractivity contribution in [3.05, 3.63) is 24.3 Å². The molecule has 1 aliphatic carbocycles. The Balaban J connectivity index is 2.45. The lowest BCUT2D eigenvalue weighted by Crippen LogP contribution is -2.04. The summed E-state index contributed by atoms with van der Waals surface area (Å²) in [6.45, 7) is 0. The second-order valence-electron chi connectivity index (χ2n) is 3.30. The lowest BCUT2D eigenvalue weighted by atomic mass is 10.3. The van der Waals surface area contributed by atoms with Gasteiger partial charge in [0.25, 0.3) is 0 Å². The zero-order valence-corrected chi connectivity index (χ0v) is 7.88. The molecule has 3 nitrogen and oxygen atoms in total. The van der Waals surface area contributed by atoms with Gasteiger partial charge in [-0.25, -0.2) is 8.99 Å². The normalized spacial score (nSPS) is 20.9. The van der Waals surface area contributed by atoms with Crippen molar-refractivity contribution in [2.24, 2.45) is 0 Å². The van der Waals surface area contributed by atoms with E-state index in [1.165, 1.54) is 12.1 Å². The van der Waals surface area contributed by atoms with Gasteiger partial charge in [0.15, 0.2) is 0 Å². The molecule has 70 valence electrons. The molecule has 1 atom stereocenters. The second-order valence-corrected chi connectivity index (χ2v) is 5.64. The lowest BCUT2D eigenvalue weighted by Gasteiger charge is -2.05. The first-order valence-corrected chi connectivity index (χ1v) is 5.79. The Kier molecular flexibility index (Phi) is 1.80. The van der Waals surface area contributed by atoms with E-state index >= 15 is 0 Å². The van der Waals surface area contributed by atoms with Crippen molar-refractivity contribution in [3.63, 3.8) is 0 Å². The van der Waals surface area contributed by atoms with Gasteiger partial charge in [-0.3, -0.25) is 0 Å². The molecule has 4 heteroatoms. The molecule has 1 aromatic rings. The highest BCUT2D eigenvalue weighted by atomic mass is 32.2. The maximum Gasteiger partial charge on any atom is 0.116 e. The van der Waals surface area contributed by atoms with Crippen LogP contribution in [0.5, 0.6) is 5.75 Å². The van der Waals surface area contributed by atoms with Gasteiger partial charge in [0.05, 0.1) is 14.6 Å². The van der Waals surface area contributed by atoms with Gasteiger partial charge in [0.2, 0.25) is 0 Å². The predicted molar refractivity (Wildman–Crippen MR) is 50.3 cm³/mol. The molecule has 1 unspecified atom stereocenters. The Morgan fingerprint density at radius 1 is 1.46 bits per heavy atom. The largest absolute Gasteiger partial charge is 0.508 e. The molecule has 1 aromatic carbocycles. The molecule has 2 N–H and O–H groups in total. The Bertz CT molecular complexity index is 421. The fourth-order valence-corrected chi connectivity index (χ4v) is 3.03. The van der Waals surface area contributed by atoms with Gasteiger partial charge < -0.3 is 5.11 Å². The van der Waals surface area contributed by atoms with E-state index in [-0.39, 0.29) is 11.0 Å². The van der Waals surface area contributed by atoms with Gasteiger partial charge in [-0.2, -0.15) is 0 Å². The van der Waals surface area contributed by atoms with E-state index in [1.807, 2.05) is 0 Å². The summed E-state index contributed by atoms with van der Waals surface area (Å²) in [5, 5.41) is 9.18. The number of hydrogen-bond acceptors (Lipinski definition) is 3. The van der Waals surface area contributed by atoms with E-state index in [9.17, 15) is 4.21 Å². The van der Waals surface area contributed by atoms with Gasteiger partial charge in [-0.1, -0.05) is 6.07 Å². The number of rotatable bonds is 2. The molecular formula is C9H11NO2S. The van der Waals surface area contributed by atoms with Gasteiger partial charge in [-0.15, -0.1) is 0 Å². The zero-order valence-electron chi connectivity index (χ0n) is 7.06. The van der Waals surface area contributed by atoms with Crippen LogP contribution in [0.4, 0.5) is 0 Å². The van der Waals surface area contributed by atoms with Crippen molar-refractivity contribution in [2.75, 3.05) is 0 Å². The summed E-state index contributed by atoms with van der Waals surface area (Å²) >= 11 is 0. The first-order chi connectivity index (χ1) is 6.10. The highest BCUT2D eigenvalue weighted by Crippen LogP contribution is 2.34. The minimum Gasteiger partial charge on any atom is -0.508 e. The molecule has 2 rings (SSSR count). The molecule has 1 aliphatic rings. The van der Waals surface area contributed by atoms with E-state index in [4.69, 9.17) is 9.89 Å². The van der Waals surface area contributed by atoms with E-state index in [0.717, 1.165) is 12.8 Å². The smallest absolute Gasteiger partial charge is 0.116 e. The molecule has 0 aromatic heterocycles. The third kappa shape index (κ3) is 1.54. The molecule has 1 saturated carbocycles. The van der Waals surface area contributed by atoms with Gasteiger partial charge in [-0.05, 0) is 31.0 Å². The third-order valence-electron chi connectivity index (χ3n) is 2.16. The molecule has 13 heavy (non-hydrogen) atoms. The summed E-state index contributed by atoms with van der Waals surface area (Å²) in [5.41, 5.74) is 0. The van der Waals surface area contributed by atoms with Gasteiger partial charge in [0, 0.05) is 5.25 Å². The summed E-state index contributed by atoms with van der Waals surface area (Å²) < 4.78 is 19.6. The number of nitrogens with one attached hydrogen (secondary N) is 1. The summed E-state index contributed by atoms with van der Waals surface area (Å²) in [5.74, 6) is 0.0816. The molecular weight excluding hydrogens is 186 g/mol. The van der Waals surface area contributed by atoms with E-state index < -0.39 is 9.73 Å². The van der Waals surface area contributed by atoms with E-state index in [0.29, 0.717) is 4.90 Å². The zero-order chi connectivity index (χ0) is 9.47. The Labute approximate surface area is 77.4 Å². The molecule has 0 bridgehead atoms. The summed E-state index contributed by atoms with van der Waals surface area (Å²) in [6, 6.07) is 6.22. The van der Waals surface area contributed by atoms with Crippen LogP contribution in [0.3, 0.4) is 0 Å². The number of phenols is 1. The summed E-state index contributed by atoms with van der Waals surface area (Å²) in [6.07, 6.45) is 1.75. The minimum atomic E-state index is -2.65. The van der Waals surface area contributed by atoms with Crippen LogP contribution in [0, 0.1) is 4.78 Å². The van der Waals surface area contributed by atoms with Crippen LogP contribution in [-0.4, -0.2) is 14.6 Å². The highest BCUT2D eigenvalue weighted by Gasteiger charge is 2.33. The molecule has 0 amide bonds. The van der Waals surface area contributed by atoms with Crippen molar-refractivity contribution in [1.82, 2.24) is 0 Å². The van der Waals surface area contributed by atoms with Gasteiger partial charge in [0.1, 0.15) is 5.75 Å². The van der Waals surface area contributed by atoms with Crippen molar-refractivity contribution in [3.8, 4) is 5.75 Å². The van der Waals surface area contributed by atoms with E-state index in [1.54, 1.807) is 12.1 Å². The van der Waals surface area contributed by atoms with Crippen LogP contribution in [0.2, 0.25) is 0 Å². The van der Waals surface area contributed by atoms with E-state index in [2.05, 4.69) is 0 Å². The Morgan fingerprint density at radius 2 is 2.15 bits per heavy atom. The van der Waals surface area contributed by atoms with Crippen LogP contribution in [-0.2, 0) is 9.73 Å². The van der Waals surface area contributed by atoms with Crippen molar-refractivity contribution >= 4 is 9.73 Å². The van der Waals surface area contributed by atoms with Crippen molar-refractivity contribution in [2.45, 2.75) is 23.0 Å². The fraction of sp³-hybridized carbons (Fsp3) is 0.333. The first-order valence-electron chi connectivity index (χ1n) is 4.17. The minimum absolute atomic E-state index is 0.00861. The molecule has 0 heterocycles. The molecule has 0 radical (unpaired) electrons. The van der Waals surface area contributed by atoms with Crippen LogP contribution in [0.15, 0.2) is 29.2 Å². The second kappa shape index (κ2) is 2.73. The number of phenolic OH excluding ortho intramolecular Hbond substituents is 1. The fourth-order valence-electron chi connectivity index (χ4n) is 1.26. The maximum atomic E-state index is 11.9. The first kappa shape index (κ1) is 8.56. The average Bonchev–Trinajstić information content (AvgIpc) is 2.86. The van der Waals surface area contributed by atoms with Crippen LogP contribution in [0.1, 0.15) is 12.8 Å². The van der Waals surface area contributed by atoms with Crippen molar-refractivity contribution in [1.29, 1.82) is 4.78 Å². The van der Waals surface area contributed by atoms with Gasteiger partial charge >= 0.3 is 0 Å². The Morgan fingerprint density at radius 3 is 2.69 bits per heavy atom.